The predicted octanol–water partition coefficient (Wildman–Crippen LogP) is 2.67. The van der Waals surface area contributed by atoms with Gasteiger partial charge in [-0.25, -0.2) is 4.98 Å². The Labute approximate surface area is 101 Å². The first kappa shape index (κ1) is 12.0. The minimum atomic E-state index is 0.645. The van der Waals surface area contributed by atoms with Crippen LogP contribution in [-0.4, -0.2) is 18.6 Å². The molecule has 0 spiro atoms. The molecular weight excluding hydrogens is 220 g/mol. The summed E-state index contributed by atoms with van der Waals surface area (Å²) < 4.78 is 5.20. The van der Waals surface area contributed by atoms with Crippen LogP contribution in [0.4, 0.5) is 0 Å². The largest absolute Gasteiger partial charge is 0.378 e. The van der Waals surface area contributed by atoms with Crippen LogP contribution in [0.2, 0.25) is 0 Å². The normalized spacial score (nSPS) is 15.6. The number of aromatic nitrogens is 1. The molecule has 1 heterocycles. The molecule has 1 aliphatic carbocycles. The number of nitrogens with zero attached hydrogens (tertiary/aromatic N) is 1. The Balaban J connectivity index is 2.00. The molecule has 16 heavy (non-hydrogen) atoms. The van der Waals surface area contributed by atoms with E-state index in [1.54, 1.807) is 7.11 Å². The second kappa shape index (κ2) is 5.75. The zero-order valence-electron chi connectivity index (χ0n) is 10.1. The van der Waals surface area contributed by atoms with E-state index in [0.29, 0.717) is 6.61 Å². The number of thiazole rings is 1. The first-order valence-corrected chi connectivity index (χ1v) is 6.85. The molecule has 0 radical (unpaired) electrons. The molecule has 0 atom stereocenters. The second-order valence-corrected chi connectivity index (χ2v) is 5.42. The van der Waals surface area contributed by atoms with E-state index in [9.17, 15) is 0 Å². The van der Waals surface area contributed by atoms with Gasteiger partial charge in [0.1, 0.15) is 0 Å². The summed E-state index contributed by atoms with van der Waals surface area (Å²) in [6.45, 7) is 4.84. The molecule has 1 aromatic rings. The van der Waals surface area contributed by atoms with Gasteiger partial charge in [0.15, 0.2) is 0 Å². The fourth-order valence-corrected chi connectivity index (χ4v) is 2.88. The fraction of sp³-hybridized carbons (Fsp3) is 0.750. The summed E-state index contributed by atoms with van der Waals surface area (Å²) >= 11 is 1.87. The molecule has 3 nitrogen and oxygen atoms in total. The highest BCUT2D eigenvalue weighted by atomic mass is 32.1. The Kier molecular flexibility index (Phi) is 4.32. The summed E-state index contributed by atoms with van der Waals surface area (Å²) in [6, 6.07) is 0. The van der Waals surface area contributed by atoms with Crippen LogP contribution in [0.25, 0.3) is 0 Å². The molecule has 1 N–H and O–H groups in total. The van der Waals surface area contributed by atoms with E-state index in [1.165, 1.54) is 29.1 Å². The molecule has 90 valence electrons. The van der Waals surface area contributed by atoms with Gasteiger partial charge < -0.3 is 10.1 Å². The van der Waals surface area contributed by atoms with Crippen molar-refractivity contribution in [2.45, 2.75) is 45.3 Å². The number of hydrogen-bond acceptors (Lipinski definition) is 4. The molecule has 0 bridgehead atoms. The molecule has 0 saturated heterocycles. The Hall–Kier alpha value is -0.450. The van der Waals surface area contributed by atoms with Gasteiger partial charge in [-0.15, -0.1) is 11.3 Å². The molecule has 0 aliphatic heterocycles. The summed E-state index contributed by atoms with van der Waals surface area (Å²) in [5, 5.41) is 4.76. The van der Waals surface area contributed by atoms with Crippen molar-refractivity contribution in [3.05, 3.63) is 15.6 Å². The van der Waals surface area contributed by atoms with E-state index in [0.717, 1.165) is 24.7 Å². The van der Waals surface area contributed by atoms with E-state index < -0.39 is 0 Å². The fourth-order valence-electron chi connectivity index (χ4n) is 1.67. The van der Waals surface area contributed by atoms with Crippen molar-refractivity contribution in [2.75, 3.05) is 13.7 Å². The third kappa shape index (κ3) is 3.03. The first-order valence-electron chi connectivity index (χ1n) is 6.03. The van der Waals surface area contributed by atoms with Crippen LogP contribution in [0.5, 0.6) is 0 Å². The van der Waals surface area contributed by atoms with Gasteiger partial charge in [-0.3, -0.25) is 0 Å². The maximum Gasteiger partial charge on any atom is 0.0963 e. The predicted molar refractivity (Wildman–Crippen MR) is 66.8 cm³/mol. The molecule has 1 aromatic heterocycles. The molecule has 4 heteroatoms. The summed E-state index contributed by atoms with van der Waals surface area (Å²) in [7, 11) is 1.74. The monoisotopic (exact) mass is 240 g/mol. The van der Waals surface area contributed by atoms with Crippen LogP contribution < -0.4 is 5.32 Å². The van der Waals surface area contributed by atoms with Gasteiger partial charge in [0.05, 0.1) is 17.3 Å². The number of ether oxygens (including phenoxy) is 1. The maximum atomic E-state index is 5.20. The molecule has 0 unspecified atom stereocenters. The van der Waals surface area contributed by atoms with Gasteiger partial charge in [-0.1, -0.05) is 6.92 Å². The molecular formula is C12H20N2OS. The lowest BCUT2D eigenvalue weighted by Crippen LogP contribution is -2.14. The van der Waals surface area contributed by atoms with Crippen molar-refractivity contribution in [3.8, 4) is 0 Å². The zero-order chi connectivity index (χ0) is 11.4. The summed E-state index contributed by atoms with van der Waals surface area (Å²) in [5.41, 5.74) is 1.14. The van der Waals surface area contributed by atoms with Gasteiger partial charge in [-0.05, 0) is 25.8 Å². The van der Waals surface area contributed by atoms with Crippen molar-refractivity contribution in [1.82, 2.24) is 10.3 Å². The van der Waals surface area contributed by atoms with Gasteiger partial charge >= 0.3 is 0 Å². The van der Waals surface area contributed by atoms with E-state index in [2.05, 4.69) is 12.2 Å². The summed E-state index contributed by atoms with van der Waals surface area (Å²) in [5.74, 6) is 0.750. The molecule has 0 aromatic carbocycles. The summed E-state index contributed by atoms with van der Waals surface area (Å²) in [6.07, 6.45) is 3.82. The lowest BCUT2D eigenvalue weighted by molar-refractivity contribution is 0.181. The summed E-state index contributed by atoms with van der Waals surface area (Å²) in [4.78, 5) is 6.05. The molecule has 2 rings (SSSR count). The highest BCUT2D eigenvalue weighted by Gasteiger charge is 2.28. The number of methoxy groups -OCH3 is 1. The lowest BCUT2D eigenvalue weighted by atomic mass is 10.3. The number of rotatable bonds is 7. The van der Waals surface area contributed by atoms with Crippen molar-refractivity contribution in [1.29, 1.82) is 0 Å². The minimum Gasteiger partial charge on any atom is -0.378 e. The second-order valence-electron chi connectivity index (χ2n) is 4.31. The highest BCUT2D eigenvalue weighted by molar-refractivity contribution is 7.11. The quantitative estimate of drug-likeness (QED) is 0.744. The molecule has 1 saturated carbocycles. The van der Waals surface area contributed by atoms with Crippen LogP contribution in [0.15, 0.2) is 0 Å². The van der Waals surface area contributed by atoms with Gasteiger partial charge in [0, 0.05) is 24.4 Å². The van der Waals surface area contributed by atoms with Crippen LogP contribution in [0, 0.1) is 0 Å². The average Bonchev–Trinajstić information content (AvgIpc) is 3.05. The zero-order valence-corrected chi connectivity index (χ0v) is 10.9. The Bertz CT molecular complexity index is 334. The van der Waals surface area contributed by atoms with E-state index in [4.69, 9.17) is 9.72 Å². The van der Waals surface area contributed by atoms with Crippen LogP contribution in [0.1, 0.15) is 47.7 Å². The number of nitrogens with one attached hydrogen (secondary N) is 1. The smallest absolute Gasteiger partial charge is 0.0963 e. The van der Waals surface area contributed by atoms with Crippen molar-refractivity contribution in [3.63, 3.8) is 0 Å². The highest BCUT2D eigenvalue weighted by Crippen LogP contribution is 2.42. The van der Waals surface area contributed by atoms with Crippen LogP contribution in [0.3, 0.4) is 0 Å². The van der Waals surface area contributed by atoms with Crippen molar-refractivity contribution in [2.24, 2.45) is 0 Å². The van der Waals surface area contributed by atoms with E-state index >= 15 is 0 Å². The molecule has 1 fully saturated rings. The lowest BCUT2D eigenvalue weighted by Gasteiger charge is -2.02. The van der Waals surface area contributed by atoms with Crippen LogP contribution >= 0.6 is 11.3 Å². The van der Waals surface area contributed by atoms with E-state index in [-0.39, 0.29) is 0 Å². The van der Waals surface area contributed by atoms with Crippen LogP contribution in [-0.2, 0) is 17.9 Å². The van der Waals surface area contributed by atoms with Gasteiger partial charge in [-0.2, -0.15) is 0 Å². The standard InChI is InChI=1S/C12H20N2OS/c1-3-6-13-7-11-10(8-15-2)14-12(16-11)9-4-5-9/h9,13H,3-8H2,1-2H3. The van der Waals surface area contributed by atoms with Crippen molar-refractivity contribution < 1.29 is 4.74 Å². The molecule has 1 aliphatic rings. The Morgan fingerprint density at radius 2 is 2.31 bits per heavy atom. The SMILES string of the molecule is CCCNCc1sc(C2CC2)nc1COC. The van der Waals surface area contributed by atoms with Gasteiger partial charge in [0.2, 0.25) is 0 Å². The van der Waals surface area contributed by atoms with Gasteiger partial charge in [0.25, 0.3) is 0 Å². The third-order valence-electron chi connectivity index (χ3n) is 2.71. The third-order valence-corrected chi connectivity index (χ3v) is 3.97. The van der Waals surface area contributed by atoms with Crippen molar-refractivity contribution >= 4 is 11.3 Å². The Morgan fingerprint density at radius 1 is 1.50 bits per heavy atom. The average molecular weight is 240 g/mol. The maximum absolute atomic E-state index is 5.20. The first-order chi connectivity index (χ1) is 7.85. The number of hydrogen-bond donors (Lipinski definition) is 1. The molecule has 0 amide bonds. The minimum absolute atomic E-state index is 0.645. The topological polar surface area (TPSA) is 34.2 Å². The van der Waals surface area contributed by atoms with E-state index in [1.807, 2.05) is 11.3 Å². The Morgan fingerprint density at radius 3 is 2.94 bits per heavy atom.